The van der Waals surface area contributed by atoms with E-state index in [0.717, 1.165) is 41.2 Å². The number of aliphatic hydroxyl groups is 1. The molecule has 102 valence electrons. The monoisotopic (exact) mass is 323 g/mol. The molecule has 0 amide bonds. The fourth-order valence-electron chi connectivity index (χ4n) is 2.82. The number of halogens is 1. The fraction of sp³-hybridized carbons (Fsp3) is 0.500. The molecule has 1 heterocycles. The highest BCUT2D eigenvalue weighted by molar-refractivity contribution is 9.10. The van der Waals surface area contributed by atoms with Crippen molar-refractivity contribution in [3.63, 3.8) is 0 Å². The van der Waals surface area contributed by atoms with Crippen LogP contribution in [0, 0.1) is 0 Å². The average Bonchev–Trinajstić information content (AvgIpc) is 2.85. The zero-order chi connectivity index (χ0) is 13.2. The Morgan fingerprint density at radius 3 is 3.05 bits per heavy atom. The SMILES string of the molecule is O[C@H]1CCCC[C@@H]1NCc1cc(Br)cc2[nH]ncc12. The van der Waals surface area contributed by atoms with Crippen LogP contribution in [-0.2, 0) is 6.54 Å². The molecule has 3 rings (SSSR count). The van der Waals surface area contributed by atoms with E-state index in [9.17, 15) is 5.11 Å². The minimum atomic E-state index is -0.208. The van der Waals surface area contributed by atoms with Gasteiger partial charge < -0.3 is 10.4 Å². The summed E-state index contributed by atoms with van der Waals surface area (Å²) in [7, 11) is 0. The lowest BCUT2D eigenvalue weighted by atomic mass is 9.92. The first kappa shape index (κ1) is 13.1. The Morgan fingerprint density at radius 2 is 2.21 bits per heavy atom. The van der Waals surface area contributed by atoms with Crippen molar-refractivity contribution in [1.29, 1.82) is 0 Å². The Morgan fingerprint density at radius 1 is 1.37 bits per heavy atom. The molecule has 3 N–H and O–H groups in total. The number of nitrogens with zero attached hydrogens (tertiary/aromatic N) is 1. The Bertz CT molecular complexity index is 569. The van der Waals surface area contributed by atoms with Crippen molar-refractivity contribution < 1.29 is 5.11 Å². The summed E-state index contributed by atoms with van der Waals surface area (Å²) in [6, 6.07) is 4.36. The average molecular weight is 324 g/mol. The van der Waals surface area contributed by atoms with E-state index >= 15 is 0 Å². The second kappa shape index (κ2) is 5.61. The Hall–Kier alpha value is -0.910. The summed E-state index contributed by atoms with van der Waals surface area (Å²) < 4.78 is 1.05. The van der Waals surface area contributed by atoms with Gasteiger partial charge in [-0.05, 0) is 30.5 Å². The normalized spacial score (nSPS) is 23.9. The van der Waals surface area contributed by atoms with Crippen LogP contribution in [0.3, 0.4) is 0 Å². The molecule has 1 fully saturated rings. The number of aromatic amines is 1. The maximum Gasteiger partial charge on any atom is 0.0693 e. The van der Waals surface area contributed by atoms with E-state index in [1.807, 2.05) is 12.3 Å². The molecular formula is C14H18BrN3O. The second-order valence-corrected chi connectivity index (χ2v) is 6.15. The molecule has 1 aliphatic rings. The molecule has 1 aliphatic carbocycles. The van der Waals surface area contributed by atoms with E-state index < -0.39 is 0 Å². The van der Waals surface area contributed by atoms with E-state index in [-0.39, 0.29) is 12.1 Å². The maximum atomic E-state index is 9.98. The van der Waals surface area contributed by atoms with Crippen LogP contribution >= 0.6 is 15.9 Å². The van der Waals surface area contributed by atoms with E-state index in [4.69, 9.17) is 0 Å². The van der Waals surface area contributed by atoms with Crippen molar-refractivity contribution in [3.05, 3.63) is 28.4 Å². The summed E-state index contributed by atoms with van der Waals surface area (Å²) in [6.07, 6.45) is 5.97. The van der Waals surface area contributed by atoms with Crippen LogP contribution in [-0.4, -0.2) is 27.4 Å². The van der Waals surface area contributed by atoms with Gasteiger partial charge in [0.2, 0.25) is 0 Å². The first-order chi connectivity index (χ1) is 9.24. The Kier molecular flexibility index (Phi) is 3.86. The summed E-state index contributed by atoms with van der Waals surface area (Å²) >= 11 is 3.52. The Balaban J connectivity index is 1.75. The highest BCUT2D eigenvalue weighted by Crippen LogP contribution is 2.24. The van der Waals surface area contributed by atoms with Gasteiger partial charge in [0.1, 0.15) is 0 Å². The lowest BCUT2D eigenvalue weighted by Gasteiger charge is -2.28. The molecule has 5 heteroatoms. The predicted octanol–water partition coefficient (Wildman–Crippen LogP) is 2.72. The molecule has 1 aromatic heterocycles. The number of aromatic nitrogens is 2. The zero-order valence-corrected chi connectivity index (χ0v) is 12.3. The van der Waals surface area contributed by atoms with Gasteiger partial charge in [0.05, 0.1) is 17.8 Å². The van der Waals surface area contributed by atoms with Crippen molar-refractivity contribution >= 4 is 26.8 Å². The van der Waals surface area contributed by atoms with Gasteiger partial charge >= 0.3 is 0 Å². The van der Waals surface area contributed by atoms with Gasteiger partial charge in [-0.1, -0.05) is 28.8 Å². The summed E-state index contributed by atoms with van der Waals surface area (Å²) in [5, 5.41) is 21.7. The molecule has 1 saturated carbocycles. The largest absolute Gasteiger partial charge is 0.392 e. The van der Waals surface area contributed by atoms with Crippen LogP contribution in [0.1, 0.15) is 31.2 Å². The summed E-state index contributed by atoms with van der Waals surface area (Å²) in [5.41, 5.74) is 2.24. The molecule has 2 atom stereocenters. The lowest BCUT2D eigenvalue weighted by Crippen LogP contribution is -2.41. The maximum absolute atomic E-state index is 9.98. The van der Waals surface area contributed by atoms with E-state index in [0.29, 0.717) is 0 Å². The molecule has 4 nitrogen and oxygen atoms in total. The van der Waals surface area contributed by atoms with Gasteiger partial charge in [-0.2, -0.15) is 5.10 Å². The topological polar surface area (TPSA) is 60.9 Å². The van der Waals surface area contributed by atoms with Crippen LogP contribution in [0.25, 0.3) is 10.9 Å². The minimum absolute atomic E-state index is 0.208. The number of benzene rings is 1. The fourth-order valence-corrected chi connectivity index (χ4v) is 3.33. The molecule has 0 saturated heterocycles. The third-order valence-electron chi connectivity index (χ3n) is 3.89. The van der Waals surface area contributed by atoms with Crippen LogP contribution in [0.5, 0.6) is 0 Å². The number of nitrogens with one attached hydrogen (secondary N) is 2. The van der Waals surface area contributed by atoms with Crippen molar-refractivity contribution in [3.8, 4) is 0 Å². The van der Waals surface area contributed by atoms with Crippen LogP contribution in [0.15, 0.2) is 22.8 Å². The quantitative estimate of drug-likeness (QED) is 0.813. The first-order valence-electron chi connectivity index (χ1n) is 6.77. The molecule has 0 aliphatic heterocycles. The highest BCUT2D eigenvalue weighted by atomic mass is 79.9. The summed E-state index contributed by atoms with van der Waals surface area (Å²) in [5.74, 6) is 0. The summed E-state index contributed by atoms with van der Waals surface area (Å²) in [6.45, 7) is 0.761. The Labute approximate surface area is 120 Å². The molecular weight excluding hydrogens is 306 g/mol. The van der Waals surface area contributed by atoms with Gasteiger partial charge in [-0.25, -0.2) is 0 Å². The molecule has 2 aromatic rings. The first-order valence-corrected chi connectivity index (χ1v) is 7.56. The minimum Gasteiger partial charge on any atom is -0.392 e. The van der Waals surface area contributed by atoms with Gasteiger partial charge in [-0.15, -0.1) is 0 Å². The van der Waals surface area contributed by atoms with Crippen molar-refractivity contribution in [2.24, 2.45) is 0 Å². The number of aliphatic hydroxyl groups excluding tert-OH is 1. The third-order valence-corrected chi connectivity index (χ3v) is 4.35. The third kappa shape index (κ3) is 2.83. The van der Waals surface area contributed by atoms with Crippen molar-refractivity contribution in [2.45, 2.75) is 44.4 Å². The van der Waals surface area contributed by atoms with Crippen LogP contribution in [0.2, 0.25) is 0 Å². The van der Waals surface area contributed by atoms with Crippen molar-refractivity contribution in [2.75, 3.05) is 0 Å². The molecule has 19 heavy (non-hydrogen) atoms. The van der Waals surface area contributed by atoms with E-state index in [1.54, 1.807) is 0 Å². The number of hydrogen-bond acceptors (Lipinski definition) is 3. The van der Waals surface area contributed by atoms with Gasteiger partial charge in [0.25, 0.3) is 0 Å². The lowest BCUT2D eigenvalue weighted by molar-refractivity contribution is 0.0903. The number of fused-ring (bicyclic) bond motifs is 1. The predicted molar refractivity (Wildman–Crippen MR) is 78.9 cm³/mol. The van der Waals surface area contributed by atoms with Gasteiger partial charge in [0, 0.05) is 22.4 Å². The zero-order valence-electron chi connectivity index (χ0n) is 10.7. The van der Waals surface area contributed by atoms with E-state index in [1.165, 1.54) is 12.0 Å². The number of hydrogen-bond donors (Lipinski definition) is 3. The summed E-state index contributed by atoms with van der Waals surface area (Å²) in [4.78, 5) is 0. The highest BCUT2D eigenvalue weighted by Gasteiger charge is 2.22. The van der Waals surface area contributed by atoms with Crippen molar-refractivity contribution in [1.82, 2.24) is 15.5 Å². The van der Waals surface area contributed by atoms with Gasteiger partial charge in [-0.3, -0.25) is 5.10 Å². The molecule has 1 aromatic carbocycles. The smallest absolute Gasteiger partial charge is 0.0693 e. The molecule has 0 unspecified atom stereocenters. The number of rotatable bonds is 3. The molecule has 0 radical (unpaired) electrons. The standard InChI is InChI=1S/C14H18BrN3O/c15-10-5-9(11-8-17-18-13(11)6-10)7-16-12-3-1-2-4-14(12)19/h5-6,8,12,14,16,19H,1-4,7H2,(H,17,18)/t12-,14-/m0/s1. The molecule has 0 bridgehead atoms. The number of H-pyrrole nitrogens is 1. The molecule has 0 spiro atoms. The second-order valence-electron chi connectivity index (χ2n) is 5.24. The van der Waals surface area contributed by atoms with Gasteiger partial charge in [0.15, 0.2) is 0 Å². The van der Waals surface area contributed by atoms with Crippen LogP contribution < -0.4 is 5.32 Å². The van der Waals surface area contributed by atoms with Crippen LogP contribution in [0.4, 0.5) is 0 Å². The van der Waals surface area contributed by atoms with E-state index in [2.05, 4.69) is 37.5 Å².